The van der Waals surface area contributed by atoms with E-state index < -0.39 is 0 Å². The maximum atomic E-state index is 4.64. The Bertz CT molecular complexity index is 432. The Morgan fingerprint density at radius 3 is 2.60 bits per heavy atom. The van der Waals surface area contributed by atoms with E-state index in [9.17, 15) is 0 Å². The number of aromatic nitrogens is 2. The first-order valence-corrected chi connectivity index (χ1v) is 8.03. The van der Waals surface area contributed by atoms with Gasteiger partial charge in [-0.15, -0.1) is 0 Å². The highest BCUT2D eigenvalue weighted by Gasteiger charge is 2.24. The van der Waals surface area contributed by atoms with Crippen molar-refractivity contribution < 1.29 is 0 Å². The first-order valence-electron chi connectivity index (χ1n) is 8.03. The molecule has 1 aliphatic rings. The summed E-state index contributed by atoms with van der Waals surface area (Å²) in [6, 6.07) is 0.504. The number of hydrogen-bond acceptors (Lipinski definition) is 3. The van der Waals surface area contributed by atoms with Gasteiger partial charge in [0, 0.05) is 38.3 Å². The smallest absolute Gasteiger partial charge is 0.131 e. The van der Waals surface area contributed by atoms with Crippen LogP contribution in [0.5, 0.6) is 0 Å². The lowest BCUT2D eigenvalue weighted by Crippen LogP contribution is -2.35. The third-order valence-corrected chi connectivity index (χ3v) is 4.38. The standard InChI is InChI=1S/C16H30N4/c1-6-20(11-14-8-7-9-14)16-15(10-17-12(2)3)13(4)18-19(16)5/h12,14,17H,6-11H2,1-5H3. The fourth-order valence-electron chi connectivity index (χ4n) is 2.95. The van der Waals surface area contributed by atoms with Crippen LogP contribution in [0.4, 0.5) is 5.82 Å². The van der Waals surface area contributed by atoms with Crippen LogP contribution in [0.1, 0.15) is 51.3 Å². The van der Waals surface area contributed by atoms with Crippen molar-refractivity contribution in [1.82, 2.24) is 15.1 Å². The van der Waals surface area contributed by atoms with Crippen molar-refractivity contribution in [2.24, 2.45) is 13.0 Å². The maximum absolute atomic E-state index is 4.64. The quantitative estimate of drug-likeness (QED) is 0.832. The van der Waals surface area contributed by atoms with Crippen LogP contribution in [0.25, 0.3) is 0 Å². The van der Waals surface area contributed by atoms with Gasteiger partial charge >= 0.3 is 0 Å². The van der Waals surface area contributed by atoms with Gasteiger partial charge in [0.05, 0.1) is 5.69 Å². The third-order valence-electron chi connectivity index (χ3n) is 4.38. The Balaban J connectivity index is 2.18. The van der Waals surface area contributed by atoms with Crippen molar-refractivity contribution in [3.05, 3.63) is 11.3 Å². The summed E-state index contributed by atoms with van der Waals surface area (Å²) in [6.45, 7) is 11.9. The topological polar surface area (TPSA) is 33.1 Å². The molecular formula is C16H30N4. The molecule has 0 unspecified atom stereocenters. The van der Waals surface area contributed by atoms with Crippen molar-refractivity contribution in [2.45, 2.75) is 59.5 Å². The Kier molecular flexibility index (Phi) is 5.08. The molecule has 1 N–H and O–H groups in total. The van der Waals surface area contributed by atoms with Crippen LogP contribution in [0.3, 0.4) is 0 Å². The summed E-state index contributed by atoms with van der Waals surface area (Å²) in [4.78, 5) is 2.52. The van der Waals surface area contributed by atoms with Gasteiger partial charge in [-0.25, -0.2) is 0 Å². The molecule has 0 atom stereocenters. The van der Waals surface area contributed by atoms with Gasteiger partial charge in [0.2, 0.25) is 0 Å². The summed E-state index contributed by atoms with van der Waals surface area (Å²) < 4.78 is 2.06. The molecule has 1 saturated carbocycles. The Morgan fingerprint density at radius 1 is 1.40 bits per heavy atom. The molecule has 1 heterocycles. The Morgan fingerprint density at radius 2 is 2.10 bits per heavy atom. The van der Waals surface area contributed by atoms with Crippen molar-refractivity contribution in [1.29, 1.82) is 0 Å². The molecule has 0 spiro atoms. The molecule has 0 aliphatic heterocycles. The van der Waals surface area contributed by atoms with Crippen LogP contribution in [-0.4, -0.2) is 28.9 Å². The Hall–Kier alpha value is -1.03. The minimum atomic E-state index is 0.504. The summed E-state index contributed by atoms with van der Waals surface area (Å²) in [5.41, 5.74) is 2.52. The molecule has 0 bridgehead atoms. The molecule has 0 radical (unpaired) electrons. The van der Waals surface area contributed by atoms with E-state index in [1.807, 2.05) is 0 Å². The number of hydrogen-bond donors (Lipinski definition) is 1. The predicted octanol–water partition coefficient (Wildman–Crippen LogP) is 2.85. The van der Waals surface area contributed by atoms with Crippen LogP contribution in [0, 0.1) is 12.8 Å². The van der Waals surface area contributed by atoms with E-state index in [0.29, 0.717) is 6.04 Å². The van der Waals surface area contributed by atoms with Gasteiger partial charge < -0.3 is 10.2 Å². The normalized spacial score (nSPS) is 15.7. The van der Waals surface area contributed by atoms with Crippen molar-refractivity contribution in [3.63, 3.8) is 0 Å². The number of aryl methyl sites for hydroxylation is 2. The average molecular weight is 278 g/mol. The summed E-state index contributed by atoms with van der Waals surface area (Å²) in [5, 5.41) is 8.18. The fourth-order valence-corrected chi connectivity index (χ4v) is 2.95. The van der Waals surface area contributed by atoms with E-state index in [2.05, 4.69) is 54.7 Å². The maximum Gasteiger partial charge on any atom is 0.131 e. The van der Waals surface area contributed by atoms with E-state index in [1.165, 1.54) is 37.2 Å². The molecule has 114 valence electrons. The monoisotopic (exact) mass is 278 g/mol. The SMILES string of the molecule is CCN(CC1CCC1)c1c(CNC(C)C)c(C)nn1C. The van der Waals surface area contributed by atoms with E-state index >= 15 is 0 Å². The van der Waals surface area contributed by atoms with E-state index in [4.69, 9.17) is 0 Å². The van der Waals surface area contributed by atoms with E-state index in [0.717, 1.165) is 24.7 Å². The third kappa shape index (κ3) is 3.35. The number of nitrogens with one attached hydrogen (secondary N) is 1. The van der Waals surface area contributed by atoms with Gasteiger partial charge in [0.15, 0.2) is 0 Å². The number of nitrogens with zero attached hydrogens (tertiary/aromatic N) is 3. The molecule has 0 saturated heterocycles. The molecule has 1 aromatic rings. The minimum absolute atomic E-state index is 0.504. The van der Waals surface area contributed by atoms with E-state index in [1.54, 1.807) is 0 Å². The van der Waals surface area contributed by atoms with Gasteiger partial charge in [-0.05, 0) is 32.6 Å². The largest absolute Gasteiger partial charge is 0.357 e. The molecule has 1 fully saturated rings. The molecule has 1 aliphatic carbocycles. The van der Waals surface area contributed by atoms with Gasteiger partial charge in [0.25, 0.3) is 0 Å². The van der Waals surface area contributed by atoms with Crippen LogP contribution in [0.2, 0.25) is 0 Å². The van der Waals surface area contributed by atoms with Gasteiger partial charge in [-0.1, -0.05) is 20.3 Å². The average Bonchev–Trinajstić information content (AvgIpc) is 2.61. The number of anilines is 1. The van der Waals surface area contributed by atoms with Crippen molar-refractivity contribution in [3.8, 4) is 0 Å². The van der Waals surface area contributed by atoms with Crippen LogP contribution in [-0.2, 0) is 13.6 Å². The predicted molar refractivity (Wildman–Crippen MR) is 85.1 cm³/mol. The fraction of sp³-hybridized carbons (Fsp3) is 0.812. The van der Waals surface area contributed by atoms with E-state index in [-0.39, 0.29) is 0 Å². The highest BCUT2D eigenvalue weighted by Crippen LogP contribution is 2.30. The zero-order valence-corrected chi connectivity index (χ0v) is 13.7. The van der Waals surface area contributed by atoms with Gasteiger partial charge in [0.1, 0.15) is 5.82 Å². The lowest BCUT2D eigenvalue weighted by molar-refractivity contribution is 0.317. The van der Waals surface area contributed by atoms with Crippen LogP contribution < -0.4 is 10.2 Å². The first-order chi connectivity index (χ1) is 9.52. The molecule has 4 heteroatoms. The molecule has 0 amide bonds. The highest BCUT2D eigenvalue weighted by molar-refractivity contribution is 5.50. The molecule has 20 heavy (non-hydrogen) atoms. The van der Waals surface area contributed by atoms with Crippen LogP contribution >= 0.6 is 0 Å². The molecule has 0 aromatic carbocycles. The second-order valence-corrected chi connectivity index (χ2v) is 6.38. The number of rotatable bonds is 7. The summed E-state index contributed by atoms with van der Waals surface area (Å²) in [7, 11) is 2.07. The lowest BCUT2D eigenvalue weighted by Gasteiger charge is -2.33. The minimum Gasteiger partial charge on any atom is -0.357 e. The molecule has 4 nitrogen and oxygen atoms in total. The Labute approximate surface area is 123 Å². The highest BCUT2D eigenvalue weighted by atomic mass is 15.4. The summed E-state index contributed by atoms with van der Waals surface area (Å²) >= 11 is 0. The molecule has 1 aromatic heterocycles. The second kappa shape index (κ2) is 6.61. The van der Waals surface area contributed by atoms with Gasteiger partial charge in [-0.2, -0.15) is 5.10 Å². The molecule has 2 rings (SSSR count). The lowest BCUT2D eigenvalue weighted by atomic mass is 9.85. The first kappa shape index (κ1) is 15.4. The van der Waals surface area contributed by atoms with Crippen molar-refractivity contribution in [2.75, 3.05) is 18.0 Å². The van der Waals surface area contributed by atoms with Crippen LogP contribution in [0.15, 0.2) is 0 Å². The molecular weight excluding hydrogens is 248 g/mol. The van der Waals surface area contributed by atoms with Gasteiger partial charge in [-0.3, -0.25) is 4.68 Å². The van der Waals surface area contributed by atoms with Crippen molar-refractivity contribution >= 4 is 5.82 Å². The second-order valence-electron chi connectivity index (χ2n) is 6.38. The zero-order chi connectivity index (χ0) is 14.7. The zero-order valence-electron chi connectivity index (χ0n) is 13.7. The summed E-state index contributed by atoms with van der Waals surface area (Å²) in [6.07, 6.45) is 4.20. The summed E-state index contributed by atoms with van der Waals surface area (Å²) in [5.74, 6) is 2.20.